The van der Waals surface area contributed by atoms with Gasteiger partial charge in [-0.05, 0) is 61.5 Å². The number of amides is 1. The minimum Gasteiger partial charge on any atom is -0.327 e. The van der Waals surface area contributed by atoms with Crippen molar-refractivity contribution in [1.82, 2.24) is 5.32 Å². The molecule has 0 unspecified atom stereocenters. The summed E-state index contributed by atoms with van der Waals surface area (Å²) in [5.74, 6) is -0.159. The topological polar surface area (TPSA) is 84.3 Å². The number of nitrogens with one attached hydrogen (secondary N) is 2. The van der Waals surface area contributed by atoms with Crippen molar-refractivity contribution in [2.75, 3.05) is 11.1 Å². The summed E-state index contributed by atoms with van der Waals surface area (Å²) in [6, 6.07) is 10.2. The molecule has 0 atom stereocenters. The van der Waals surface area contributed by atoms with Crippen LogP contribution >= 0.6 is 35.6 Å². The Morgan fingerprint density at radius 1 is 1.23 bits per heavy atom. The standard InChI is InChI=1S/C17H16ClN3O3S2/c1-10-3-8-14(21(23)24)16(11(10)2)20-17(25)19-15(22)9-26-13-6-4-12(18)5-7-13/h3-8H,9H2,1-2H3,(H2,19,20,22,25). The number of thiocarbonyl (C=S) groups is 1. The van der Waals surface area contributed by atoms with Gasteiger partial charge >= 0.3 is 0 Å². The van der Waals surface area contributed by atoms with Crippen molar-refractivity contribution in [2.24, 2.45) is 0 Å². The lowest BCUT2D eigenvalue weighted by atomic mass is 10.1. The number of anilines is 1. The Kier molecular flexibility index (Phi) is 6.96. The Balaban J connectivity index is 1.98. The van der Waals surface area contributed by atoms with Gasteiger partial charge in [0, 0.05) is 16.0 Å². The molecule has 0 spiro atoms. The fourth-order valence-corrected chi connectivity index (χ4v) is 3.14. The highest BCUT2D eigenvalue weighted by Gasteiger charge is 2.18. The van der Waals surface area contributed by atoms with Gasteiger partial charge in [0.15, 0.2) is 5.11 Å². The predicted molar refractivity (Wildman–Crippen MR) is 109 cm³/mol. The molecule has 2 aromatic carbocycles. The zero-order valence-electron chi connectivity index (χ0n) is 14.0. The summed E-state index contributed by atoms with van der Waals surface area (Å²) in [7, 11) is 0. The van der Waals surface area contributed by atoms with Gasteiger partial charge in [0.25, 0.3) is 5.69 Å². The second kappa shape index (κ2) is 8.98. The minimum atomic E-state index is -0.490. The van der Waals surface area contributed by atoms with Crippen LogP contribution in [0.4, 0.5) is 11.4 Å². The van der Waals surface area contributed by atoms with Gasteiger partial charge in [0.1, 0.15) is 5.69 Å². The summed E-state index contributed by atoms with van der Waals surface area (Å²) in [6.07, 6.45) is 0. The lowest BCUT2D eigenvalue weighted by molar-refractivity contribution is -0.383. The molecule has 6 nitrogen and oxygen atoms in total. The van der Waals surface area contributed by atoms with Gasteiger partial charge in [0.2, 0.25) is 5.91 Å². The molecule has 0 aromatic heterocycles. The van der Waals surface area contributed by atoms with E-state index in [9.17, 15) is 14.9 Å². The number of carbonyl (C=O) groups excluding carboxylic acids is 1. The van der Waals surface area contributed by atoms with Gasteiger partial charge in [-0.1, -0.05) is 17.7 Å². The van der Waals surface area contributed by atoms with Crippen LogP contribution in [0.25, 0.3) is 0 Å². The van der Waals surface area contributed by atoms with Crippen molar-refractivity contribution in [3.63, 3.8) is 0 Å². The highest BCUT2D eigenvalue weighted by atomic mass is 35.5. The van der Waals surface area contributed by atoms with Crippen LogP contribution in [-0.2, 0) is 4.79 Å². The SMILES string of the molecule is Cc1ccc([N+](=O)[O-])c(NC(=S)NC(=O)CSc2ccc(Cl)cc2)c1C. The number of carbonyl (C=O) groups is 1. The van der Waals surface area contributed by atoms with E-state index in [1.165, 1.54) is 17.8 Å². The number of nitro groups is 1. The smallest absolute Gasteiger partial charge is 0.293 e. The first-order valence-electron chi connectivity index (χ1n) is 7.51. The number of hydrogen-bond donors (Lipinski definition) is 2. The first kappa shape index (κ1) is 20.2. The van der Waals surface area contributed by atoms with Crippen LogP contribution in [0.3, 0.4) is 0 Å². The van der Waals surface area contributed by atoms with Crippen LogP contribution in [0.15, 0.2) is 41.3 Å². The molecule has 0 heterocycles. The zero-order chi connectivity index (χ0) is 19.3. The summed E-state index contributed by atoms with van der Waals surface area (Å²) < 4.78 is 0. The van der Waals surface area contributed by atoms with E-state index in [1.807, 2.05) is 19.1 Å². The lowest BCUT2D eigenvalue weighted by Gasteiger charge is -2.13. The average molecular weight is 410 g/mol. The molecule has 0 radical (unpaired) electrons. The van der Waals surface area contributed by atoms with Crippen molar-refractivity contribution in [2.45, 2.75) is 18.7 Å². The molecule has 2 rings (SSSR count). The van der Waals surface area contributed by atoms with Gasteiger partial charge in [-0.15, -0.1) is 11.8 Å². The normalized spacial score (nSPS) is 10.3. The van der Waals surface area contributed by atoms with Crippen molar-refractivity contribution < 1.29 is 9.72 Å². The molecule has 0 aliphatic rings. The first-order chi connectivity index (χ1) is 12.3. The monoisotopic (exact) mass is 409 g/mol. The van der Waals surface area contributed by atoms with Crippen LogP contribution in [0, 0.1) is 24.0 Å². The third kappa shape index (κ3) is 5.42. The van der Waals surface area contributed by atoms with Crippen molar-refractivity contribution in [3.8, 4) is 0 Å². The summed E-state index contributed by atoms with van der Waals surface area (Å²) in [5, 5.41) is 17.1. The molecule has 136 valence electrons. The van der Waals surface area contributed by atoms with E-state index in [0.29, 0.717) is 10.6 Å². The van der Waals surface area contributed by atoms with Crippen molar-refractivity contribution >= 4 is 58.0 Å². The quantitative estimate of drug-likeness (QED) is 0.328. The number of hydrogen-bond acceptors (Lipinski definition) is 5. The van der Waals surface area contributed by atoms with E-state index in [2.05, 4.69) is 10.6 Å². The van der Waals surface area contributed by atoms with E-state index in [-0.39, 0.29) is 28.1 Å². The highest BCUT2D eigenvalue weighted by Crippen LogP contribution is 2.30. The van der Waals surface area contributed by atoms with E-state index in [0.717, 1.165) is 10.5 Å². The number of benzene rings is 2. The molecule has 0 aliphatic heterocycles. The van der Waals surface area contributed by atoms with Crippen LogP contribution in [-0.4, -0.2) is 21.7 Å². The van der Waals surface area contributed by atoms with E-state index in [4.69, 9.17) is 23.8 Å². The molecule has 0 saturated heterocycles. The van der Waals surface area contributed by atoms with E-state index >= 15 is 0 Å². The number of nitro benzene ring substituents is 1. The fraction of sp³-hybridized carbons (Fsp3) is 0.176. The Morgan fingerprint density at radius 3 is 2.50 bits per heavy atom. The van der Waals surface area contributed by atoms with E-state index < -0.39 is 4.92 Å². The molecular weight excluding hydrogens is 394 g/mol. The summed E-state index contributed by atoms with van der Waals surface area (Å²) in [5.41, 5.74) is 1.77. The number of aryl methyl sites for hydroxylation is 1. The summed E-state index contributed by atoms with van der Waals surface area (Å²) in [6.45, 7) is 3.60. The van der Waals surface area contributed by atoms with Gasteiger partial charge in [-0.25, -0.2) is 0 Å². The largest absolute Gasteiger partial charge is 0.327 e. The number of thioether (sulfide) groups is 1. The van der Waals surface area contributed by atoms with Gasteiger partial charge in [-0.2, -0.15) is 0 Å². The lowest BCUT2D eigenvalue weighted by Crippen LogP contribution is -2.35. The molecule has 0 saturated carbocycles. The molecule has 0 fully saturated rings. The predicted octanol–water partition coefficient (Wildman–Crippen LogP) is 4.47. The second-order valence-corrected chi connectivity index (χ2v) is 7.30. The molecular formula is C17H16ClN3O3S2. The van der Waals surface area contributed by atoms with Crippen molar-refractivity contribution in [3.05, 3.63) is 62.7 Å². The zero-order valence-corrected chi connectivity index (χ0v) is 16.4. The highest BCUT2D eigenvalue weighted by molar-refractivity contribution is 8.00. The molecule has 26 heavy (non-hydrogen) atoms. The maximum Gasteiger partial charge on any atom is 0.293 e. The number of nitrogens with zero attached hydrogens (tertiary/aromatic N) is 1. The molecule has 0 bridgehead atoms. The Morgan fingerprint density at radius 2 is 1.88 bits per heavy atom. The number of halogens is 1. The molecule has 9 heteroatoms. The van der Waals surface area contributed by atoms with Crippen LogP contribution in [0.2, 0.25) is 5.02 Å². The van der Waals surface area contributed by atoms with E-state index in [1.54, 1.807) is 25.1 Å². The molecule has 1 amide bonds. The van der Waals surface area contributed by atoms with Crippen LogP contribution in [0.5, 0.6) is 0 Å². The Hall–Kier alpha value is -2.16. The fourth-order valence-electron chi connectivity index (χ4n) is 2.10. The first-order valence-corrected chi connectivity index (χ1v) is 9.29. The molecule has 2 N–H and O–H groups in total. The van der Waals surface area contributed by atoms with Gasteiger partial charge in [0.05, 0.1) is 10.7 Å². The third-order valence-electron chi connectivity index (χ3n) is 3.59. The Bertz CT molecular complexity index is 857. The van der Waals surface area contributed by atoms with Crippen LogP contribution < -0.4 is 10.6 Å². The summed E-state index contributed by atoms with van der Waals surface area (Å²) in [4.78, 5) is 23.6. The maximum absolute atomic E-state index is 12.0. The number of rotatable bonds is 5. The third-order valence-corrected chi connectivity index (χ3v) is 5.05. The van der Waals surface area contributed by atoms with Crippen LogP contribution in [0.1, 0.15) is 11.1 Å². The minimum absolute atomic E-state index is 0.0171. The summed E-state index contributed by atoms with van der Waals surface area (Å²) >= 11 is 12.3. The molecule has 2 aromatic rings. The Labute approximate surface area is 165 Å². The van der Waals surface area contributed by atoms with Gasteiger partial charge < -0.3 is 10.6 Å². The average Bonchev–Trinajstić information content (AvgIpc) is 2.58. The van der Waals surface area contributed by atoms with Gasteiger partial charge in [-0.3, -0.25) is 14.9 Å². The second-order valence-electron chi connectivity index (χ2n) is 5.40. The maximum atomic E-state index is 12.0. The van der Waals surface area contributed by atoms with Crippen molar-refractivity contribution in [1.29, 1.82) is 0 Å². The molecule has 0 aliphatic carbocycles.